The highest BCUT2D eigenvalue weighted by Crippen LogP contribution is 2.36. The van der Waals surface area contributed by atoms with Crippen molar-refractivity contribution in [3.8, 4) is 6.07 Å². The van der Waals surface area contributed by atoms with Crippen LogP contribution in [0.25, 0.3) is 0 Å². The molecule has 0 amide bonds. The molecule has 0 N–H and O–H groups in total. The molecule has 1 saturated heterocycles. The van der Waals surface area contributed by atoms with Crippen LogP contribution in [0.15, 0.2) is 22.6 Å². The Kier molecular flexibility index (Phi) is 2.44. The lowest BCUT2D eigenvalue weighted by molar-refractivity contribution is 0.00578. The third-order valence-electron chi connectivity index (χ3n) is 3.39. The Labute approximate surface area is 121 Å². The number of benzene rings is 1. The number of hydrogen-bond donors (Lipinski definition) is 0. The van der Waals surface area contributed by atoms with Gasteiger partial charge in [-0.1, -0.05) is 6.04 Å². The fraction of sp³-hybridized carbons (Fsp3) is 0.462. The van der Waals surface area contributed by atoms with Gasteiger partial charge in [-0.25, -0.2) is 0 Å². The summed E-state index contributed by atoms with van der Waals surface area (Å²) in [7, 11) is -0.900. The van der Waals surface area contributed by atoms with Crippen molar-refractivity contribution >= 4 is 28.5 Å². The Hall–Kier alpha value is -0.825. The smallest absolute Gasteiger partial charge is 0.399 e. The third-order valence-corrected chi connectivity index (χ3v) is 3.98. The summed E-state index contributed by atoms with van der Waals surface area (Å²) < 4.78 is 36.0. The van der Waals surface area contributed by atoms with Crippen LogP contribution in [0.5, 0.6) is 0 Å². The maximum Gasteiger partial charge on any atom is 0.494 e. The maximum absolute atomic E-state index is 9.04. The summed E-state index contributed by atoms with van der Waals surface area (Å²) in [5.74, 6) is 0. The second-order valence-electron chi connectivity index (χ2n) is 5.18. The van der Waals surface area contributed by atoms with E-state index in [0.29, 0.717) is 0 Å². The van der Waals surface area contributed by atoms with E-state index >= 15 is 0 Å². The van der Waals surface area contributed by atoms with E-state index in [2.05, 4.69) is 15.9 Å². The third kappa shape index (κ3) is 2.21. The van der Waals surface area contributed by atoms with E-state index in [9.17, 15) is 0 Å². The number of hydrogen-bond acceptors (Lipinski definition) is 3. The molecular weight excluding hydrogens is 293 g/mol. The van der Waals surface area contributed by atoms with E-state index in [-0.39, 0.29) is 33.6 Å². The first-order valence-corrected chi connectivity index (χ1v) is 6.37. The highest BCUT2D eigenvalue weighted by atomic mass is 79.9. The molecule has 5 heteroatoms. The lowest BCUT2D eigenvalue weighted by atomic mass is 9.79. The minimum Gasteiger partial charge on any atom is -0.399 e. The van der Waals surface area contributed by atoms with Gasteiger partial charge in [-0.3, -0.25) is 0 Å². The molecule has 18 heavy (non-hydrogen) atoms. The molecule has 1 aliphatic rings. The average Bonchev–Trinajstić information content (AvgIpc) is 2.57. The van der Waals surface area contributed by atoms with E-state index < -0.39 is 18.3 Å². The van der Waals surface area contributed by atoms with Gasteiger partial charge in [0.05, 0.1) is 20.9 Å². The second-order valence-corrected chi connectivity index (χ2v) is 5.97. The van der Waals surface area contributed by atoms with E-state index in [1.807, 2.05) is 33.8 Å². The van der Waals surface area contributed by atoms with Gasteiger partial charge in [0.25, 0.3) is 0 Å². The van der Waals surface area contributed by atoms with Gasteiger partial charge >= 0.3 is 7.12 Å². The fourth-order valence-electron chi connectivity index (χ4n) is 1.55. The normalized spacial score (nSPS) is 23.1. The van der Waals surface area contributed by atoms with Crippen molar-refractivity contribution in [2.45, 2.75) is 38.9 Å². The zero-order valence-electron chi connectivity index (χ0n) is 13.7. The van der Waals surface area contributed by atoms with Crippen LogP contribution in [0, 0.1) is 11.3 Å². The SMILES string of the molecule is [2H]c1c([2H])c(B2OC(C)(C)C(C)(C)O2)c([2H])c(Br)c1C#N. The minimum atomic E-state index is -0.900. The quantitative estimate of drug-likeness (QED) is 0.749. The lowest BCUT2D eigenvalue weighted by Gasteiger charge is -2.32. The van der Waals surface area contributed by atoms with Crippen molar-refractivity contribution < 1.29 is 13.4 Å². The van der Waals surface area contributed by atoms with Crippen LogP contribution in [-0.2, 0) is 9.31 Å². The molecule has 2 rings (SSSR count). The first-order chi connectivity index (χ1) is 9.53. The minimum absolute atomic E-state index is 0.0229. The van der Waals surface area contributed by atoms with Crippen LogP contribution in [0.1, 0.15) is 37.4 Å². The monoisotopic (exact) mass is 310 g/mol. The van der Waals surface area contributed by atoms with Gasteiger partial charge < -0.3 is 9.31 Å². The van der Waals surface area contributed by atoms with Crippen molar-refractivity contribution in [2.24, 2.45) is 0 Å². The molecule has 0 unspecified atom stereocenters. The van der Waals surface area contributed by atoms with E-state index in [0.717, 1.165) is 0 Å². The Bertz CT molecular complexity index is 613. The summed E-state index contributed by atoms with van der Waals surface area (Å²) in [6.45, 7) is 7.50. The topological polar surface area (TPSA) is 42.2 Å². The van der Waals surface area contributed by atoms with Gasteiger partial charge in [0, 0.05) is 4.47 Å². The summed E-state index contributed by atoms with van der Waals surface area (Å²) in [5.41, 5.74) is -1.05. The second kappa shape index (κ2) is 4.38. The van der Waals surface area contributed by atoms with Crippen LogP contribution < -0.4 is 5.46 Å². The Balaban J connectivity index is 2.61. The number of rotatable bonds is 1. The standard InChI is InChI=1S/C13H15BBrNO2/c1-12(2)13(3,4)18-14(17-12)10-6-5-9(8-16)11(15)7-10/h5-7H,1-4H3/i5D,6D,7D. The Morgan fingerprint density at radius 1 is 1.28 bits per heavy atom. The molecule has 0 aromatic heterocycles. The van der Waals surface area contributed by atoms with Crippen LogP contribution in [0.2, 0.25) is 0 Å². The zero-order valence-corrected chi connectivity index (χ0v) is 12.3. The Morgan fingerprint density at radius 2 is 1.83 bits per heavy atom. The molecule has 1 aromatic rings. The average molecular weight is 311 g/mol. The van der Waals surface area contributed by atoms with Crippen LogP contribution in [0.3, 0.4) is 0 Å². The highest BCUT2D eigenvalue weighted by Gasteiger charge is 2.51. The first kappa shape index (κ1) is 10.0. The summed E-state index contributed by atoms with van der Waals surface area (Å²) in [4.78, 5) is 0. The largest absolute Gasteiger partial charge is 0.494 e. The van der Waals surface area contributed by atoms with E-state index in [1.165, 1.54) is 0 Å². The molecule has 0 radical (unpaired) electrons. The first-order valence-electron chi connectivity index (χ1n) is 7.08. The molecule has 0 atom stereocenters. The molecule has 1 aliphatic heterocycles. The summed E-state index contributed by atoms with van der Waals surface area (Å²) in [6, 6.07) is 1.35. The zero-order chi connectivity index (χ0) is 16.2. The molecule has 0 bridgehead atoms. The summed E-state index contributed by atoms with van der Waals surface area (Å²) >= 11 is 3.16. The van der Waals surface area contributed by atoms with Crippen molar-refractivity contribution in [1.82, 2.24) is 0 Å². The van der Waals surface area contributed by atoms with Crippen LogP contribution in [0.4, 0.5) is 0 Å². The van der Waals surface area contributed by atoms with Crippen LogP contribution in [-0.4, -0.2) is 18.3 Å². The van der Waals surface area contributed by atoms with Crippen molar-refractivity contribution in [2.75, 3.05) is 0 Å². The van der Waals surface area contributed by atoms with Gasteiger partial charge in [0.15, 0.2) is 0 Å². The van der Waals surface area contributed by atoms with Gasteiger partial charge in [0.1, 0.15) is 6.07 Å². The summed E-state index contributed by atoms with van der Waals surface area (Å²) in [5, 5.41) is 9.04. The predicted molar refractivity (Wildman–Crippen MR) is 74.6 cm³/mol. The van der Waals surface area contributed by atoms with Crippen LogP contribution >= 0.6 is 15.9 Å². The van der Waals surface area contributed by atoms with Gasteiger partial charge in [-0.05, 0) is 61.2 Å². The van der Waals surface area contributed by atoms with E-state index in [1.54, 1.807) is 0 Å². The molecule has 94 valence electrons. The molecule has 0 aliphatic carbocycles. The van der Waals surface area contributed by atoms with Gasteiger partial charge in [0.2, 0.25) is 0 Å². The Morgan fingerprint density at radius 3 is 2.33 bits per heavy atom. The molecule has 0 saturated carbocycles. The lowest BCUT2D eigenvalue weighted by Crippen LogP contribution is -2.41. The van der Waals surface area contributed by atoms with Gasteiger partial charge in [-0.15, -0.1) is 0 Å². The molecule has 3 nitrogen and oxygen atoms in total. The molecule has 1 heterocycles. The molecule has 0 spiro atoms. The van der Waals surface area contributed by atoms with Crippen molar-refractivity contribution in [3.63, 3.8) is 0 Å². The number of halogens is 1. The molecule has 1 aromatic carbocycles. The maximum atomic E-state index is 9.04. The molecular formula is C13H15BBrNO2. The molecule has 1 fully saturated rings. The highest BCUT2D eigenvalue weighted by molar-refractivity contribution is 9.10. The number of nitrogens with zero attached hydrogens (tertiary/aromatic N) is 1. The van der Waals surface area contributed by atoms with E-state index in [4.69, 9.17) is 18.7 Å². The fourth-order valence-corrected chi connectivity index (χ4v) is 1.95. The van der Waals surface area contributed by atoms with Crippen molar-refractivity contribution in [1.29, 1.82) is 5.26 Å². The van der Waals surface area contributed by atoms with Crippen molar-refractivity contribution in [3.05, 3.63) is 28.2 Å². The predicted octanol–water partition coefficient (Wildman–Crippen LogP) is 2.62. The summed E-state index contributed by atoms with van der Waals surface area (Å²) in [6.07, 6.45) is 0. The van der Waals surface area contributed by atoms with Gasteiger partial charge in [-0.2, -0.15) is 5.26 Å². The number of nitriles is 1.